The van der Waals surface area contributed by atoms with Crippen LogP contribution < -0.4 is 10.2 Å². The molecular formula is C21H20O10. The lowest BCUT2D eigenvalue weighted by Gasteiger charge is -2.39. The van der Waals surface area contributed by atoms with Gasteiger partial charge in [0.15, 0.2) is 5.43 Å². The van der Waals surface area contributed by atoms with E-state index in [0.29, 0.717) is 0 Å². The van der Waals surface area contributed by atoms with E-state index in [4.69, 9.17) is 13.9 Å². The van der Waals surface area contributed by atoms with E-state index in [9.17, 15) is 35.4 Å². The Hall–Kier alpha value is -3.15. The maximum atomic E-state index is 12.5. The third kappa shape index (κ3) is 3.82. The summed E-state index contributed by atoms with van der Waals surface area (Å²) in [5.41, 5.74) is -0.333. The number of benzene rings is 2. The van der Waals surface area contributed by atoms with E-state index < -0.39 is 48.5 Å². The van der Waals surface area contributed by atoms with Crippen LogP contribution in [0.2, 0.25) is 0 Å². The Morgan fingerprint density at radius 1 is 0.968 bits per heavy atom. The highest BCUT2D eigenvalue weighted by atomic mass is 16.7. The van der Waals surface area contributed by atoms with Crippen LogP contribution in [0.25, 0.3) is 22.3 Å². The summed E-state index contributed by atoms with van der Waals surface area (Å²) >= 11 is 0. The quantitative estimate of drug-likeness (QED) is 0.331. The Morgan fingerprint density at radius 3 is 2.45 bits per heavy atom. The first-order chi connectivity index (χ1) is 14.8. The molecule has 0 unspecified atom stereocenters. The summed E-state index contributed by atoms with van der Waals surface area (Å²) in [6.45, 7) is -0.612. The molecule has 0 bridgehead atoms. The SMILES string of the molecule is O=c1cc(-c2ccccc2O[C@H]2O[C@H](CO)[C@@H](O)[C@H](O)[C@H]2O)oc2cc(O)cc(O)c12. The van der Waals surface area contributed by atoms with Gasteiger partial charge in [0.05, 0.1) is 12.2 Å². The summed E-state index contributed by atoms with van der Waals surface area (Å²) in [6, 6.07) is 9.65. The predicted octanol–water partition coefficient (Wildman–Crippen LogP) is 0.0499. The first-order valence-electron chi connectivity index (χ1n) is 9.36. The number of para-hydroxylation sites is 1. The minimum absolute atomic E-state index is 0.0442. The largest absolute Gasteiger partial charge is 0.508 e. The number of rotatable bonds is 4. The average molecular weight is 432 g/mol. The molecule has 31 heavy (non-hydrogen) atoms. The van der Waals surface area contributed by atoms with Crippen molar-refractivity contribution in [2.24, 2.45) is 0 Å². The van der Waals surface area contributed by atoms with Gasteiger partial charge in [-0.1, -0.05) is 12.1 Å². The van der Waals surface area contributed by atoms with Gasteiger partial charge >= 0.3 is 0 Å². The minimum atomic E-state index is -1.62. The van der Waals surface area contributed by atoms with Crippen molar-refractivity contribution >= 4 is 11.0 Å². The highest BCUT2D eigenvalue weighted by Gasteiger charge is 2.44. The van der Waals surface area contributed by atoms with Crippen LogP contribution in [0.1, 0.15) is 0 Å². The van der Waals surface area contributed by atoms with Gasteiger partial charge in [0, 0.05) is 18.2 Å². The van der Waals surface area contributed by atoms with Gasteiger partial charge in [-0.2, -0.15) is 0 Å². The van der Waals surface area contributed by atoms with Crippen LogP contribution in [0, 0.1) is 0 Å². The highest BCUT2D eigenvalue weighted by Crippen LogP contribution is 2.35. The number of hydrogen-bond acceptors (Lipinski definition) is 10. The summed E-state index contributed by atoms with van der Waals surface area (Å²) < 4.78 is 16.7. The molecule has 3 aromatic rings. The van der Waals surface area contributed by atoms with Crippen molar-refractivity contribution in [1.29, 1.82) is 0 Å². The Bertz CT molecular complexity index is 1150. The number of aliphatic hydroxyl groups excluding tert-OH is 4. The summed E-state index contributed by atoms with van der Waals surface area (Å²) in [7, 11) is 0. The Kier molecular flexibility index (Phi) is 5.56. The van der Waals surface area contributed by atoms with Crippen molar-refractivity contribution in [3.63, 3.8) is 0 Å². The van der Waals surface area contributed by atoms with Crippen LogP contribution in [0.3, 0.4) is 0 Å². The zero-order valence-electron chi connectivity index (χ0n) is 16.0. The average Bonchev–Trinajstić information content (AvgIpc) is 2.73. The van der Waals surface area contributed by atoms with E-state index >= 15 is 0 Å². The molecule has 10 heteroatoms. The molecule has 0 spiro atoms. The molecule has 6 N–H and O–H groups in total. The molecule has 0 amide bonds. The van der Waals surface area contributed by atoms with Gasteiger partial charge in [0.1, 0.15) is 58.4 Å². The van der Waals surface area contributed by atoms with Crippen LogP contribution in [-0.2, 0) is 4.74 Å². The standard InChI is InChI=1S/C21H20O10/c22-8-16-18(26)19(27)20(28)21(31-16)30-13-4-2-1-3-10(13)14-7-12(25)17-11(24)5-9(23)6-15(17)29-14/h1-7,16,18-24,26-28H,8H2/t16-,18-,19+,20-,21+/m1/s1. The van der Waals surface area contributed by atoms with Crippen LogP contribution >= 0.6 is 0 Å². The van der Waals surface area contributed by atoms with Crippen molar-refractivity contribution in [2.75, 3.05) is 6.61 Å². The zero-order chi connectivity index (χ0) is 22.3. The van der Waals surface area contributed by atoms with Crippen LogP contribution in [0.15, 0.2) is 51.7 Å². The third-order valence-corrected chi connectivity index (χ3v) is 5.04. The van der Waals surface area contributed by atoms with Gasteiger partial charge < -0.3 is 44.5 Å². The number of fused-ring (bicyclic) bond motifs is 1. The summed E-state index contributed by atoms with van der Waals surface area (Å²) in [5.74, 6) is -0.571. The van der Waals surface area contributed by atoms with Crippen LogP contribution in [-0.4, -0.2) is 68.0 Å². The van der Waals surface area contributed by atoms with Gasteiger partial charge in [0.25, 0.3) is 0 Å². The number of ether oxygens (including phenoxy) is 2. The van der Waals surface area contributed by atoms with E-state index in [2.05, 4.69) is 0 Å². The van der Waals surface area contributed by atoms with Crippen molar-refractivity contribution in [1.82, 2.24) is 0 Å². The first kappa shape index (κ1) is 21.1. The topological polar surface area (TPSA) is 170 Å². The molecular weight excluding hydrogens is 412 g/mol. The molecule has 1 saturated heterocycles. The summed E-state index contributed by atoms with van der Waals surface area (Å²) in [5, 5.41) is 59.0. The van der Waals surface area contributed by atoms with Crippen LogP contribution in [0.4, 0.5) is 0 Å². The van der Waals surface area contributed by atoms with Crippen molar-refractivity contribution in [3.05, 3.63) is 52.7 Å². The third-order valence-electron chi connectivity index (χ3n) is 5.04. The van der Waals surface area contributed by atoms with Crippen molar-refractivity contribution in [2.45, 2.75) is 30.7 Å². The second-order valence-corrected chi connectivity index (χ2v) is 7.12. The second-order valence-electron chi connectivity index (χ2n) is 7.12. The highest BCUT2D eigenvalue weighted by molar-refractivity contribution is 5.86. The van der Waals surface area contributed by atoms with Gasteiger partial charge in [0.2, 0.25) is 6.29 Å². The van der Waals surface area contributed by atoms with Gasteiger partial charge in [-0.3, -0.25) is 4.79 Å². The van der Waals surface area contributed by atoms with Gasteiger partial charge in [-0.25, -0.2) is 0 Å². The smallest absolute Gasteiger partial charge is 0.229 e. The molecule has 4 rings (SSSR count). The summed E-state index contributed by atoms with van der Waals surface area (Å²) in [6.07, 6.45) is -7.36. The first-order valence-corrected chi connectivity index (χ1v) is 9.36. The molecule has 164 valence electrons. The molecule has 1 fully saturated rings. The Labute approximate surface area is 174 Å². The lowest BCUT2D eigenvalue weighted by Crippen LogP contribution is -2.60. The van der Waals surface area contributed by atoms with E-state index in [0.717, 1.165) is 12.1 Å². The molecule has 1 aliphatic heterocycles. The maximum Gasteiger partial charge on any atom is 0.229 e. The van der Waals surface area contributed by atoms with E-state index in [1.165, 1.54) is 12.1 Å². The van der Waals surface area contributed by atoms with E-state index in [1.807, 2.05) is 0 Å². The molecule has 2 aromatic carbocycles. The molecule has 1 aliphatic rings. The fraction of sp³-hybridized carbons (Fsp3) is 0.286. The predicted molar refractivity (Wildman–Crippen MR) is 106 cm³/mol. The van der Waals surface area contributed by atoms with E-state index in [-0.39, 0.29) is 33.8 Å². The maximum absolute atomic E-state index is 12.5. The van der Waals surface area contributed by atoms with Gasteiger partial charge in [-0.05, 0) is 12.1 Å². The zero-order valence-corrected chi connectivity index (χ0v) is 16.0. The monoisotopic (exact) mass is 432 g/mol. The Balaban J connectivity index is 1.74. The second kappa shape index (κ2) is 8.17. The van der Waals surface area contributed by atoms with Crippen LogP contribution in [0.5, 0.6) is 17.2 Å². The lowest BCUT2D eigenvalue weighted by molar-refractivity contribution is -0.277. The lowest BCUT2D eigenvalue weighted by atomic mass is 9.99. The molecule has 0 aliphatic carbocycles. The number of hydrogen-bond donors (Lipinski definition) is 6. The normalized spacial score (nSPS) is 26.1. The summed E-state index contributed by atoms with van der Waals surface area (Å²) in [4.78, 5) is 12.5. The van der Waals surface area contributed by atoms with Crippen molar-refractivity contribution in [3.8, 4) is 28.6 Å². The fourth-order valence-corrected chi connectivity index (χ4v) is 3.45. The number of phenolic OH excluding ortho intramolecular Hbond substituents is 2. The molecule has 10 nitrogen and oxygen atoms in total. The van der Waals surface area contributed by atoms with Gasteiger partial charge in [-0.15, -0.1) is 0 Å². The molecule has 2 heterocycles. The fourth-order valence-electron chi connectivity index (χ4n) is 3.45. The van der Waals surface area contributed by atoms with Crippen molar-refractivity contribution < 1.29 is 44.5 Å². The molecule has 0 saturated carbocycles. The minimum Gasteiger partial charge on any atom is -0.508 e. The molecule has 0 radical (unpaired) electrons. The Morgan fingerprint density at radius 2 is 1.71 bits per heavy atom. The van der Waals surface area contributed by atoms with E-state index in [1.54, 1.807) is 18.2 Å². The molecule has 1 aromatic heterocycles. The number of aromatic hydroxyl groups is 2. The number of phenols is 2. The molecule has 5 atom stereocenters. The number of aliphatic hydroxyl groups is 4.